The van der Waals surface area contributed by atoms with Crippen molar-refractivity contribution in [1.29, 1.82) is 0 Å². The molecule has 1 aromatic carbocycles. The lowest BCUT2D eigenvalue weighted by atomic mass is 9.98. The third-order valence-corrected chi connectivity index (χ3v) is 4.28. The van der Waals surface area contributed by atoms with E-state index in [1.807, 2.05) is 57.7 Å². The predicted molar refractivity (Wildman–Crippen MR) is 84.0 cm³/mol. The Morgan fingerprint density at radius 3 is 2.25 bits per heavy atom. The van der Waals surface area contributed by atoms with Gasteiger partial charge in [-0.2, -0.15) is 0 Å². The minimum atomic E-state index is -0.318. The van der Waals surface area contributed by atoms with Gasteiger partial charge in [0.25, 0.3) is 5.91 Å². The molecule has 0 bridgehead atoms. The Morgan fingerprint density at radius 1 is 1.20 bits per heavy atom. The number of carbonyl (C=O) groups excluding carboxylic acids is 1. The van der Waals surface area contributed by atoms with Gasteiger partial charge in [-0.05, 0) is 58.4 Å². The average molecular weight is 340 g/mol. The molecule has 2 rings (SSSR count). The van der Waals surface area contributed by atoms with Gasteiger partial charge in [0.05, 0.1) is 11.2 Å². The highest BCUT2D eigenvalue weighted by molar-refractivity contribution is 9.10. The fourth-order valence-corrected chi connectivity index (χ4v) is 3.14. The van der Waals surface area contributed by atoms with Crippen LogP contribution in [0.25, 0.3) is 0 Å². The number of nitrogens with zero attached hydrogens (tertiary/aromatic N) is 1. The molecule has 3 nitrogen and oxygen atoms in total. The molecule has 0 radical (unpaired) electrons. The van der Waals surface area contributed by atoms with E-state index in [2.05, 4.69) is 15.9 Å². The quantitative estimate of drug-likeness (QED) is 0.779. The van der Waals surface area contributed by atoms with Crippen LogP contribution in [0.2, 0.25) is 0 Å². The Morgan fingerprint density at radius 2 is 1.75 bits per heavy atom. The van der Waals surface area contributed by atoms with Crippen LogP contribution >= 0.6 is 15.9 Å². The summed E-state index contributed by atoms with van der Waals surface area (Å²) in [6, 6.07) is 5.73. The topological polar surface area (TPSA) is 29.5 Å². The third-order valence-electron chi connectivity index (χ3n) is 3.39. The molecule has 110 valence electrons. The highest BCUT2D eigenvalue weighted by atomic mass is 79.9. The molecule has 0 aromatic heterocycles. The van der Waals surface area contributed by atoms with Crippen molar-refractivity contribution in [2.75, 3.05) is 13.1 Å². The van der Waals surface area contributed by atoms with Crippen molar-refractivity contribution < 1.29 is 9.53 Å². The van der Waals surface area contributed by atoms with Crippen molar-refractivity contribution >= 4 is 21.8 Å². The minimum absolute atomic E-state index is 0.0741. The van der Waals surface area contributed by atoms with Crippen LogP contribution in [0.5, 0.6) is 0 Å². The number of hydrogen-bond donors (Lipinski definition) is 0. The molecule has 1 aliphatic heterocycles. The van der Waals surface area contributed by atoms with Gasteiger partial charge in [-0.3, -0.25) is 4.79 Å². The van der Waals surface area contributed by atoms with Gasteiger partial charge in [0.1, 0.15) is 0 Å². The van der Waals surface area contributed by atoms with E-state index in [-0.39, 0.29) is 17.1 Å². The van der Waals surface area contributed by atoms with Crippen LogP contribution in [0.1, 0.15) is 43.6 Å². The first kappa shape index (κ1) is 15.5. The maximum atomic E-state index is 12.7. The van der Waals surface area contributed by atoms with Gasteiger partial charge in [0.2, 0.25) is 0 Å². The van der Waals surface area contributed by atoms with Gasteiger partial charge in [0, 0.05) is 23.1 Å². The molecule has 20 heavy (non-hydrogen) atoms. The zero-order valence-corrected chi connectivity index (χ0v) is 14.4. The summed E-state index contributed by atoms with van der Waals surface area (Å²) in [6.07, 6.45) is 0. The van der Waals surface area contributed by atoms with E-state index in [1.54, 1.807) is 0 Å². The summed E-state index contributed by atoms with van der Waals surface area (Å²) in [5, 5.41) is 0. The summed E-state index contributed by atoms with van der Waals surface area (Å²) >= 11 is 3.47. The third kappa shape index (κ3) is 3.41. The lowest BCUT2D eigenvalue weighted by Gasteiger charge is -2.47. The van der Waals surface area contributed by atoms with Crippen LogP contribution < -0.4 is 0 Å². The van der Waals surface area contributed by atoms with Crippen molar-refractivity contribution in [1.82, 2.24) is 4.90 Å². The van der Waals surface area contributed by atoms with Gasteiger partial charge in [-0.15, -0.1) is 0 Å². The number of ether oxygens (including phenoxy) is 1. The SMILES string of the molecule is Cc1cc(C(=O)N2CC(C)(C)OC(C)(C)C2)ccc1Br. The number of halogens is 1. The molecule has 4 heteroatoms. The summed E-state index contributed by atoms with van der Waals surface area (Å²) in [6.45, 7) is 11.3. The smallest absolute Gasteiger partial charge is 0.254 e. The van der Waals surface area contributed by atoms with Crippen LogP contribution in [0.15, 0.2) is 22.7 Å². The molecule has 1 aliphatic rings. The molecule has 1 amide bonds. The second kappa shape index (κ2) is 5.15. The first-order valence-electron chi connectivity index (χ1n) is 6.85. The molecule has 0 aliphatic carbocycles. The minimum Gasteiger partial charge on any atom is -0.366 e. The number of hydrogen-bond acceptors (Lipinski definition) is 2. The van der Waals surface area contributed by atoms with Crippen LogP contribution in [-0.4, -0.2) is 35.1 Å². The highest BCUT2D eigenvalue weighted by Crippen LogP contribution is 2.29. The number of morpholine rings is 1. The number of rotatable bonds is 1. The van der Waals surface area contributed by atoms with Crippen LogP contribution in [0.3, 0.4) is 0 Å². The number of benzene rings is 1. The molecule has 0 unspecified atom stereocenters. The average Bonchev–Trinajstić information content (AvgIpc) is 2.27. The van der Waals surface area contributed by atoms with E-state index in [9.17, 15) is 4.79 Å². The Kier molecular flexibility index (Phi) is 4.00. The first-order chi connectivity index (χ1) is 9.10. The molecule has 0 N–H and O–H groups in total. The molecule has 1 aromatic rings. The van der Waals surface area contributed by atoms with Crippen LogP contribution in [-0.2, 0) is 4.74 Å². The van der Waals surface area contributed by atoms with E-state index >= 15 is 0 Å². The maximum Gasteiger partial charge on any atom is 0.254 e. The lowest BCUT2D eigenvalue weighted by Crippen LogP contribution is -2.58. The summed E-state index contributed by atoms with van der Waals surface area (Å²) in [5.41, 5.74) is 1.17. The van der Waals surface area contributed by atoms with E-state index in [0.29, 0.717) is 13.1 Å². The standard InChI is InChI=1S/C16H22BrNO2/c1-11-8-12(6-7-13(11)17)14(19)18-9-15(2,3)20-16(4,5)10-18/h6-8H,9-10H2,1-5H3. The first-order valence-corrected chi connectivity index (χ1v) is 7.65. The molecule has 1 saturated heterocycles. The molecule has 0 atom stereocenters. The Hall–Kier alpha value is -0.870. The number of amides is 1. The van der Waals surface area contributed by atoms with E-state index in [4.69, 9.17) is 4.74 Å². The molecule has 1 fully saturated rings. The molecular weight excluding hydrogens is 318 g/mol. The van der Waals surface area contributed by atoms with Crippen molar-refractivity contribution in [3.8, 4) is 0 Å². The van der Waals surface area contributed by atoms with Gasteiger partial charge in [0.15, 0.2) is 0 Å². The molecule has 1 heterocycles. The number of carbonyl (C=O) groups is 1. The largest absolute Gasteiger partial charge is 0.366 e. The fourth-order valence-electron chi connectivity index (χ4n) is 2.89. The molecule has 0 saturated carbocycles. The second-order valence-corrected chi connectivity index (χ2v) is 7.60. The van der Waals surface area contributed by atoms with E-state index in [1.165, 1.54) is 0 Å². The van der Waals surface area contributed by atoms with E-state index in [0.717, 1.165) is 15.6 Å². The predicted octanol–water partition coefficient (Wildman–Crippen LogP) is 3.79. The summed E-state index contributed by atoms with van der Waals surface area (Å²) in [4.78, 5) is 14.6. The lowest BCUT2D eigenvalue weighted by molar-refractivity contribution is -0.171. The monoisotopic (exact) mass is 339 g/mol. The van der Waals surface area contributed by atoms with Crippen molar-refractivity contribution in [3.05, 3.63) is 33.8 Å². The highest BCUT2D eigenvalue weighted by Gasteiger charge is 2.40. The Balaban J connectivity index is 2.26. The van der Waals surface area contributed by atoms with Crippen molar-refractivity contribution in [2.45, 2.75) is 45.8 Å². The van der Waals surface area contributed by atoms with Crippen LogP contribution in [0, 0.1) is 6.92 Å². The summed E-state index contributed by atoms with van der Waals surface area (Å²) in [7, 11) is 0. The van der Waals surface area contributed by atoms with Crippen molar-refractivity contribution in [2.24, 2.45) is 0 Å². The summed E-state index contributed by atoms with van der Waals surface area (Å²) < 4.78 is 7.04. The Bertz CT molecular complexity index is 521. The Labute approximate surface area is 129 Å². The fraction of sp³-hybridized carbons (Fsp3) is 0.562. The van der Waals surface area contributed by atoms with E-state index < -0.39 is 0 Å². The zero-order valence-electron chi connectivity index (χ0n) is 12.8. The second-order valence-electron chi connectivity index (χ2n) is 6.75. The number of aryl methyl sites for hydroxylation is 1. The van der Waals surface area contributed by atoms with Gasteiger partial charge >= 0.3 is 0 Å². The summed E-state index contributed by atoms with van der Waals surface area (Å²) in [5.74, 6) is 0.0741. The van der Waals surface area contributed by atoms with Crippen molar-refractivity contribution in [3.63, 3.8) is 0 Å². The van der Waals surface area contributed by atoms with Gasteiger partial charge in [-0.25, -0.2) is 0 Å². The molecular formula is C16H22BrNO2. The van der Waals surface area contributed by atoms with Gasteiger partial charge < -0.3 is 9.64 Å². The van der Waals surface area contributed by atoms with Crippen LogP contribution in [0.4, 0.5) is 0 Å². The van der Waals surface area contributed by atoms with Gasteiger partial charge in [-0.1, -0.05) is 15.9 Å². The molecule has 0 spiro atoms. The zero-order chi connectivity index (χ0) is 15.1. The normalized spacial score (nSPS) is 20.8. The maximum absolute atomic E-state index is 12.7.